The second-order valence-electron chi connectivity index (χ2n) is 8.92. The number of benzene rings is 3. The standard InChI is InChI=1S/C30H19N5/c1-2-10-20(11-3-1)34-24-15-8-16-31-29(24)30-26(34)18-25-28(33-30)21-12-5-7-14-23(21)35(25)27-17-19-9-4-6-13-22(19)32-27/h1-18,27H. The van der Waals surface area contributed by atoms with Crippen molar-refractivity contribution in [3.05, 3.63) is 114 Å². The third-order valence-corrected chi connectivity index (χ3v) is 6.97. The van der Waals surface area contributed by atoms with E-state index in [2.05, 4.69) is 94.1 Å². The molecule has 7 aromatic rings. The molecule has 0 saturated heterocycles. The molecule has 0 aliphatic carbocycles. The third-order valence-electron chi connectivity index (χ3n) is 6.97. The van der Waals surface area contributed by atoms with Gasteiger partial charge >= 0.3 is 0 Å². The Labute approximate surface area is 199 Å². The highest BCUT2D eigenvalue weighted by molar-refractivity contribution is 6.13. The normalized spacial score (nSPS) is 15.0. The van der Waals surface area contributed by atoms with Crippen LogP contribution in [0.5, 0.6) is 0 Å². The van der Waals surface area contributed by atoms with Crippen molar-refractivity contribution >= 4 is 50.1 Å². The number of nitrogens with zero attached hydrogens (tertiary/aromatic N) is 5. The van der Waals surface area contributed by atoms with Crippen LogP contribution in [-0.2, 0) is 0 Å². The van der Waals surface area contributed by atoms with E-state index in [0.29, 0.717) is 0 Å². The summed E-state index contributed by atoms with van der Waals surface area (Å²) >= 11 is 0. The van der Waals surface area contributed by atoms with Crippen LogP contribution in [0.3, 0.4) is 0 Å². The van der Waals surface area contributed by atoms with Crippen LogP contribution in [0.1, 0.15) is 6.17 Å². The summed E-state index contributed by atoms with van der Waals surface area (Å²) < 4.78 is 4.58. The highest BCUT2D eigenvalue weighted by Gasteiger charge is 2.22. The molecule has 1 atom stereocenters. The fraction of sp³-hybridized carbons (Fsp3) is 0.0333. The minimum absolute atomic E-state index is 0.123. The molecular weight excluding hydrogens is 430 g/mol. The molecule has 1 aliphatic heterocycles. The Kier molecular flexibility index (Phi) is 3.66. The summed E-state index contributed by atoms with van der Waals surface area (Å²) in [6.07, 6.45) is 3.96. The Morgan fingerprint density at radius 1 is 0.629 bits per heavy atom. The number of hydrogen-bond donors (Lipinski definition) is 0. The van der Waals surface area contributed by atoms with Crippen LogP contribution in [0.25, 0.3) is 55.8 Å². The Morgan fingerprint density at radius 3 is 2.34 bits per heavy atom. The molecule has 0 spiro atoms. The van der Waals surface area contributed by atoms with E-state index in [-0.39, 0.29) is 6.17 Å². The maximum absolute atomic E-state index is 5.26. The average Bonchev–Trinajstić information content (AvgIpc) is 3.57. The van der Waals surface area contributed by atoms with Crippen LogP contribution < -0.4 is 10.6 Å². The summed E-state index contributed by atoms with van der Waals surface area (Å²) in [6.45, 7) is 0. The van der Waals surface area contributed by atoms with Gasteiger partial charge < -0.3 is 9.13 Å². The average molecular weight is 450 g/mol. The number of hydrogen-bond acceptors (Lipinski definition) is 3. The van der Waals surface area contributed by atoms with Crippen molar-refractivity contribution in [3.8, 4) is 5.69 Å². The molecule has 164 valence electrons. The first-order valence-electron chi connectivity index (χ1n) is 11.8. The van der Waals surface area contributed by atoms with E-state index in [1.54, 1.807) is 0 Å². The summed E-state index contributed by atoms with van der Waals surface area (Å²) in [5, 5.41) is 3.32. The lowest BCUT2D eigenvalue weighted by Gasteiger charge is -2.12. The summed E-state index contributed by atoms with van der Waals surface area (Å²) in [7, 11) is 0. The van der Waals surface area contributed by atoms with Crippen LogP contribution in [0.2, 0.25) is 0 Å². The van der Waals surface area contributed by atoms with Gasteiger partial charge in [-0.2, -0.15) is 0 Å². The van der Waals surface area contributed by atoms with Crippen molar-refractivity contribution in [1.29, 1.82) is 0 Å². The number of aromatic nitrogens is 4. The Morgan fingerprint density at radius 2 is 1.43 bits per heavy atom. The summed E-state index contributed by atoms with van der Waals surface area (Å²) in [5.74, 6) is 0. The predicted molar refractivity (Wildman–Crippen MR) is 140 cm³/mol. The largest absolute Gasteiger partial charge is 0.313 e. The summed E-state index contributed by atoms with van der Waals surface area (Å²) in [4.78, 5) is 15.1. The predicted octanol–water partition coefficient (Wildman–Crippen LogP) is 5.29. The quantitative estimate of drug-likeness (QED) is 0.360. The smallest absolute Gasteiger partial charge is 0.146 e. The van der Waals surface area contributed by atoms with E-state index >= 15 is 0 Å². The van der Waals surface area contributed by atoms with Crippen LogP contribution in [0.15, 0.2) is 108 Å². The van der Waals surface area contributed by atoms with Gasteiger partial charge in [0.2, 0.25) is 0 Å². The van der Waals surface area contributed by atoms with Gasteiger partial charge in [-0.05, 0) is 53.8 Å². The molecule has 35 heavy (non-hydrogen) atoms. The van der Waals surface area contributed by atoms with Gasteiger partial charge in [-0.1, -0.05) is 54.6 Å². The van der Waals surface area contributed by atoms with E-state index in [9.17, 15) is 0 Å². The first kappa shape index (κ1) is 18.6. The van der Waals surface area contributed by atoms with Gasteiger partial charge in [-0.15, -0.1) is 0 Å². The van der Waals surface area contributed by atoms with Crippen molar-refractivity contribution < 1.29 is 0 Å². The monoisotopic (exact) mass is 449 g/mol. The zero-order valence-electron chi connectivity index (χ0n) is 18.7. The fourth-order valence-electron chi connectivity index (χ4n) is 5.48. The first-order valence-corrected chi connectivity index (χ1v) is 11.8. The molecule has 5 heteroatoms. The molecule has 4 aromatic heterocycles. The molecule has 0 N–H and O–H groups in total. The van der Waals surface area contributed by atoms with Gasteiger partial charge in [-0.25, -0.2) is 4.98 Å². The van der Waals surface area contributed by atoms with Crippen LogP contribution in [-0.4, -0.2) is 19.1 Å². The van der Waals surface area contributed by atoms with Crippen LogP contribution in [0.4, 0.5) is 0 Å². The maximum Gasteiger partial charge on any atom is 0.146 e. The van der Waals surface area contributed by atoms with Gasteiger partial charge in [0.05, 0.1) is 32.9 Å². The lowest BCUT2D eigenvalue weighted by atomic mass is 10.2. The second kappa shape index (κ2) is 6.87. The minimum atomic E-state index is -0.123. The summed E-state index contributed by atoms with van der Waals surface area (Å²) in [6, 6.07) is 33.6. The number of rotatable bonds is 2. The molecule has 5 heterocycles. The summed E-state index contributed by atoms with van der Waals surface area (Å²) in [5.41, 5.74) is 8.18. The Bertz CT molecular complexity index is 2030. The topological polar surface area (TPSA) is 48.0 Å². The molecule has 0 fully saturated rings. The Hall–Kier alpha value is -4.77. The van der Waals surface area contributed by atoms with Crippen molar-refractivity contribution in [1.82, 2.24) is 19.1 Å². The van der Waals surface area contributed by atoms with Gasteiger partial charge in [0, 0.05) is 17.3 Å². The Balaban J connectivity index is 1.54. The molecule has 0 amide bonds. The number of fused-ring (bicyclic) bond motifs is 7. The highest BCUT2D eigenvalue weighted by atomic mass is 15.1. The third kappa shape index (κ3) is 2.55. The molecule has 0 radical (unpaired) electrons. The van der Waals surface area contributed by atoms with Crippen molar-refractivity contribution in [3.63, 3.8) is 0 Å². The van der Waals surface area contributed by atoms with Crippen molar-refractivity contribution in [2.75, 3.05) is 0 Å². The lowest BCUT2D eigenvalue weighted by Crippen LogP contribution is -2.19. The maximum atomic E-state index is 5.26. The SMILES string of the molecule is C1=c2ccccc2=NC1n1c2ccccc2c2nc3c4ncccc4n(-c4ccccc4)c3cc21. The molecule has 5 nitrogen and oxygen atoms in total. The van der Waals surface area contributed by atoms with E-state index in [1.807, 2.05) is 24.4 Å². The minimum Gasteiger partial charge on any atom is -0.313 e. The van der Waals surface area contributed by atoms with E-state index in [4.69, 9.17) is 15.0 Å². The van der Waals surface area contributed by atoms with Gasteiger partial charge in [0.1, 0.15) is 17.2 Å². The lowest BCUT2D eigenvalue weighted by molar-refractivity contribution is 0.707. The molecule has 0 saturated carbocycles. The zero-order valence-corrected chi connectivity index (χ0v) is 18.7. The number of para-hydroxylation sites is 3. The zero-order chi connectivity index (χ0) is 22.9. The van der Waals surface area contributed by atoms with Gasteiger partial charge in [0.25, 0.3) is 0 Å². The van der Waals surface area contributed by atoms with E-state index < -0.39 is 0 Å². The second-order valence-corrected chi connectivity index (χ2v) is 8.92. The van der Waals surface area contributed by atoms with Crippen molar-refractivity contribution in [2.45, 2.75) is 6.17 Å². The molecular formula is C30H19N5. The van der Waals surface area contributed by atoms with Crippen molar-refractivity contribution in [2.24, 2.45) is 4.99 Å². The molecule has 0 bridgehead atoms. The molecule has 3 aromatic carbocycles. The fourth-order valence-corrected chi connectivity index (χ4v) is 5.48. The highest BCUT2D eigenvalue weighted by Crippen LogP contribution is 2.37. The number of pyridine rings is 2. The van der Waals surface area contributed by atoms with Crippen LogP contribution >= 0.6 is 0 Å². The van der Waals surface area contributed by atoms with Gasteiger partial charge in [-0.3, -0.25) is 9.98 Å². The molecule has 1 aliphatic rings. The molecule has 1 unspecified atom stereocenters. The van der Waals surface area contributed by atoms with E-state index in [0.717, 1.165) is 55.0 Å². The molecule has 8 rings (SSSR count). The van der Waals surface area contributed by atoms with Crippen LogP contribution in [0, 0.1) is 0 Å². The van der Waals surface area contributed by atoms with E-state index in [1.165, 1.54) is 5.22 Å². The first-order chi connectivity index (χ1) is 17.4. The van der Waals surface area contributed by atoms with Gasteiger partial charge in [0.15, 0.2) is 0 Å².